The number of hydrogen-bond acceptors (Lipinski definition) is 4. The van der Waals surface area contributed by atoms with Gasteiger partial charge in [-0.05, 0) is 18.6 Å². The fourth-order valence-corrected chi connectivity index (χ4v) is 2.08. The Hall–Kier alpha value is -1.82. The zero-order valence-corrected chi connectivity index (χ0v) is 11.4. The van der Waals surface area contributed by atoms with Gasteiger partial charge in [-0.2, -0.15) is 0 Å². The summed E-state index contributed by atoms with van der Waals surface area (Å²) in [6, 6.07) is 4.49. The van der Waals surface area contributed by atoms with E-state index in [4.69, 9.17) is 5.73 Å². The monoisotopic (exact) mass is 284 g/mol. The van der Waals surface area contributed by atoms with Crippen molar-refractivity contribution in [2.24, 2.45) is 0 Å². The summed E-state index contributed by atoms with van der Waals surface area (Å²) in [4.78, 5) is 29.5. The Kier molecular flexibility index (Phi) is 5.11. The Balaban J connectivity index is 0.00000180. The average molecular weight is 285 g/mol. The van der Waals surface area contributed by atoms with Gasteiger partial charge in [-0.25, -0.2) is 4.98 Å². The first-order valence-electron chi connectivity index (χ1n) is 5.94. The highest BCUT2D eigenvalue weighted by atomic mass is 35.5. The van der Waals surface area contributed by atoms with Gasteiger partial charge in [-0.3, -0.25) is 9.59 Å². The van der Waals surface area contributed by atoms with Crippen LogP contribution in [0.3, 0.4) is 0 Å². The number of nitrogens with one attached hydrogen (secondary N) is 1. The summed E-state index contributed by atoms with van der Waals surface area (Å²) >= 11 is 0. The van der Waals surface area contributed by atoms with Gasteiger partial charge in [0.15, 0.2) is 0 Å². The van der Waals surface area contributed by atoms with Crippen LogP contribution in [0.1, 0.15) is 23.8 Å². The third kappa shape index (κ3) is 3.14. The number of aromatic nitrogens is 1. The molecule has 1 aliphatic rings. The van der Waals surface area contributed by atoms with Crippen LogP contribution in [0.25, 0.3) is 0 Å². The van der Waals surface area contributed by atoms with E-state index in [0.29, 0.717) is 25.3 Å². The summed E-state index contributed by atoms with van der Waals surface area (Å²) in [7, 11) is 0. The number of amides is 2. The first-order valence-corrected chi connectivity index (χ1v) is 5.94. The molecule has 3 N–H and O–H groups in total. The number of piperazine rings is 1. The molecule has 0 radical (unpaired) electrons. The molecule has 1 aromatic heterocycles. The van der Waals surface area contributed by atoms with Gasteiger partial charge >= 0.3 is 0 Å². The predicted molar refractivity (Wildman–Crippen MR) is 74.0 cm³/mol. The van der Waals surface area contributed by atoms with E-state index < -0.39 is 6.04 Å². The van der Waals surface area contributed by atoms with Crippen LogP contribution in [0.2, 0.25) is 0 Å². The van der Waals surface area contributed by atoms with Gasteiger partial charge in [-0.15, -0.1) is 12.4 Å². The second-order valence-electron chi connectivity index (χ2n) is 4.16. The Morgan fingerprint density at radius 3 is 2.95 bits per heavy atom. The lowest BCUT2D eigenvalue weighted by atomic mass is 10.1. The van der Waals surface area contributed by atoms with Crippen LogP contribution in [0.4, 0.5) is 5.82 Å². The molecule has 1 unspecified atom stereocenters. The molecule has 0 spiro atoms. The van der Waals surface area contributed by atoms with Crippen molar-refractivity contribution in [1.29, 1.82) is 0 Å². The van der Waals surface area contributed by atoms with Crippen LogP contribution in [0.5, 0.6) is 0 Å². The fraction of sp³-hybridized carbons (Fsp3) is 0.417. The van der Waals surface area contributed by atoms with Crippen molar-refractivity contribution in [3.8, 4) is 0 Å². The summed E-state index contributed by atoms with van der Waals surface area (Å²) < 4.78 is 0. The number of pyridine rings is 1. The van der Waals surface area contributed by atoms with Crippen molar-refractivity contribution >= 4 is 30.0 Å². The molecule has 0 bridgehead atoms. The summed E-state index contributed by atoms with van der Waals surface area (Å²) in [5.74, 6) is -0.0552. The molecule has 1 aliphatic heterocycles. The molecule has 2 amide bonds. The molecule has 2 heterocycles. The smallest absolute Gasteiger partial charge is 0.273 e. The molecule has 0 aromatic carbocycles. The SMILES string of the molecule is CCC1C(=O)NCCN1C(=O)c1cccc(N)n1.Cl. The van der Waals surface area contributed by atoms with Crippen LogP contribution in [0.15, 0.2) is 18.2 Å². The molecular formula is C12H17ClN4O2. The molecule has 0 aliphatic carbocycles. The standard InChI is InChI=1S/C12H16N4O2.ClH/c1-2-9-11(17)14-6-7-16(9)12(18)8-4-3-5-10(13)15-8;/h3-5,9H,2,6-7H2,1H3,(H2,13,15)(H,14,17);1H. The normalized spacial score (nSPS) is 18.5. The largest absolute Gasteiger partial charge is 0.384 e. The molecule has 2 rings (SSSR count). The summed E-state index contributed by atoms with van der Waals surface area (Å²) in [5, 5.41) is 2.75. The van der Waals surface area contributed by atoms with Crippen molar-refractivity contribution in [3.05, 3.63) is 23.9 Å². The summed E-state index contributed by atoms with van der Waals surface area (Å²) in [5.41, 5.74) is 5.84. The average Bonchev–Trinajstić information content (AvgIpc) is 2.37. The number of halogens is 1. The van der Waals surface area contributed by atoms with Crippen molar-refractivity contribution in [3.63, 3.8) is 0 Å². The van der Waals surface area contributed by atoms with Gasteiger partial charge in [0.05, 0.1) is 0 Å². The minimum absolute atomic E-state index is 0. The van der Waals surface area contributed by atoms with E-state index in [0.717, 1.165) is 0 Å². The first kappa shape index (κ1) is 15.2. The van der Waals surface area contributed by atoms with E-state index in [1.165, 1.54) is 0 Å². The van der Waals surface area contributed by atoms with Gasteiger partial charge in [0, 0.05) is 13.1 Å². The highest BCUT2D eigenvalue weighted by Crippen LogP contribution is 2.13. The van der Waals surface area contributed by atoms with E-state index in [9.17, 15) is 9.59 Å². The van der Waals surface area contributed by atoms with Crippen LogP contribution in [0, 0.1) is 0 Å². The zero-order valence-electron chi connectivity index (χ0n) is 10.6. The van der Waals surface area contributed by atoms with Gasteiger partial charge in [-0.1, -0.05) is 13.0 Å². The third-order valence-electron chi connectivity index (χ3n) is 2.97. The number of nitrogen functional groups attached to an aromatic ring is 1. The Labute approximate surface area is 117 Å². The maximum atomic E-state index is 12.3. The molecular weight excluding hydrogens is 268 g/mol. The predicted octanol–water partition coefficient (Wildman–Crippen LogP) is 0.436. The zero-order chi connectivity index (χ0) is 13.1. The lowest BCUT2D eigenvalue weighted by Crippen LogP contribution is -2.57. The molecule has 19 heavy (non-hydrogen) atoms. The molecule has 1 fully saturated rings. The van der Waals surface area contributed by atoms with Gasteiger partial charge < -0.3 is 16.0 Å². The van der Waals surface area contributed by atoms with Gasteiger partial charge in [0.2, 0.25) is 5.91 Å². The van der Waals surface area contributed by atoms with E-state index in [1.807, 2.05) is 6.92 Å². The summed E-state index contributed by atoms with van der Waals surface area (Å²) in [6.07, 6.45) is 0.583. The lowest BCUT2D eigenvalue weighted by Gasteiger charge is -2.34. The third-order valence-corrected chi connectivity index (χ3v) is 2.97. The highest BCUT2D eigenvalue weighted by molar-refractivity contribution is 5.97. The van der Waals surface area contributed by atoms with Crippen molar-refractivity contribution in [1.82, 2.24) is 15.2 Å². The Morgan fingerprint density at radius 1 is 1.58 bits per heavy atom. The number of nitrogens with two attached hydrogens (primary N) is 1. The number of rotatable bonds is 2. The molecule has 1 saturated heterocycles. The van der Waals surface area contributed by atoms with Crippen molar-refractivity contribution in [2.45, 2.75) is 19.4 Å². The molecule has 1 aromatic rings. The highest BCUT2D eigenvalue weighted by Gasteiger charge is 2.32. The number of nitrogens with zero attached hydrogens (tertiary/aromatic N) is 2. The second kappa shape index (κ2) is 6.38. The number of carbonyl (C=O) groups excluding carboxylic acids is 2. The van der Waals surface area contributed by atoms with E-state index >= 15 is 0 Å². The van der Waals surface area contributed by atoms with E-state index in [2.05, 4.69) is 10.3 Å². The molecule has 6 nitrogen and oxygen atoms in total. The van der Waals surface area contributed by atoms with Crippen LogP contribution < -0.4 is 11.1 Å². The van der Waals surface area contributed by atoms with Gasteiger partial charge in [0.25, 0.3) is 5.91 Å². The molecule has 0 saturated carbocycles. The quantitative estimate of drug-likeness (QED) is 0.825. The maximum Gasteiger partial charge on any atom is 0.273 e. The van der Waals surface area contributed by atoms with Crippen molar-refractivity contribution < 1.29 is 9.59 Å². The lowest BCUT2D eigenvalue weighted by molar-refractivity contribution is -0.127. The number of hydrogen-bond donors (Lipinski definition) is 2. The van der Waals surface area contributed by atoms with E-state index in [-0.39, 0.29) is 29.9 Å². The maximum absolute atomic E-state index is 12.3. The second-order valence-corrected chi connectivity index (χ2v) is 4.16. The van der Waals surface area contributed by atoms with Crippen molar-refractivity contribution in [2.75, 3.05) is 18.8 Å². The topological polar surface area (TPSA) is 88.3 Å². The minimum atomic E-state index is -0.422. The molecule has 7 heteroatoms. The summed E-state index contributed by atoms with van der Waals surface area (Å²) in [6.45, 7) is 2.85. The van der Waals surface area contributed by atoms with Gasteiger partial charge in [0.1, 0.15) is 17.6 Å². The van der Waals surface area contributed by atoms with Crippen LogP contribution in [-0.2, 0) is 4.79 Å². The van der Waals surface area contributed by atoms with E-state index in [1.54, 1.807) is 23.1 Å². The number of anilines is 1. The van der Waals surface area contributed by atoms with Crippen LogP contribution >= 0.6 is 12.4 Å². The van der Waals surface area contributed by atoms with Crippen LogP contribution in [-0.4, -0.2) is 40.8 Å². The molecule has 104 valence electrons. The first-order chi connectivity index (χ1) is 8.63. The molecule has 1 atom stereocenters. The minimum Gasteiger partial charge on any atom is -0.384 e. The Morgan fingerprint density at radius 2 is 2.32 bits per heavy atom. The number of carbonyl (C=O) groups is 2. The Bertz CT molecular complexity index is 481. The fourth-order valence-electron chi connectivity index (χ4n) is 2.08.